The topological polar surface area (TPSA) is 84.2 Å². The zero-order valence-corrected chi connectivity index (χ0v) is 16.3. The maximum atomic E-state index is 12.2. The average Bonchev–Trinajstić information content (AvgIpc) is 2.54. The molecule has 1 aromatic rings. The predicted octanol–water partition coefficient (Wildman–Crippen LogP) is 3.17. The third-order valence-corrected chi connectivity index (χ3v) is 4.78. The summed E-state index contributed by atoms with van der Waals surface area (Å²) >= 11 is 11.9. The van der Waals surface area contributed by atoms with Gasteiger partial charge in [-0.2, -0.15) is 0 Å². The van der Waals surface area contributed by atoms with Crippen LogP contribution >= 0.6 is 35.6 Å². The fourth-order valence-electron chi connectivity index (χ4n) is 1.94. The molecule has 1 aromatic carbocycles. The zero-order valence-electron chi connectivity index (χ0n) is 14.0. The summed E-state index contributed by atoms with van der Waals surface area (Å²) in [7, 11) is 0. The first kappa shape index (κ1) is 23.0. The van der Waals surface area contributed by atoms with Crippen molar-refractivity contribution in [1.82, 2.24) is 10.6 Å². The molecule has 0 fully saturated rings. The second-order valence-corrected chi connectivity index (χ2v) is 6.37. The summed E-state index contributed by atoms with van der Waals surface area (Å²) in [5, 5.41) is 5.82. The first-order valence-corrected chi connectivity index (χ1v) is 8.31. The molecule has 0 heterocycles. The van der Waals surface area contributed by atoms with Gasteiger partial charge in [0.15, 0.2) is 0 Å². The van der Waals surface area contributed by atoms with Gasteiger partial charge in [-0.1, -0.05) is 43.1 Å². The van der Waals surface area contributed by atoms with Crippen LogP contribution in [0.3, 0.4) is 0 Å². The quantitative estimate of drug-likeness (QED) is 0.662. The highest BCUT2D eigenvalue weighted by Gasteiger charge is 2.24. The monoisotopic (exact) mass is 395 g/mol. The number of carbonyl (C=O) groups excluding carboxylic acids is 2. The van der Waals surface area contributed by atoms with E-state index in [0.29, 0.717) is 6.54 Å². The van der Waals surface area contributed by atoms with E-state index in [2.05, 4.69) is 10.6 Å². The smallest absolute Gasteiger partial charge is 0.253 e. The van der Waals surface area contributed by atoms with Crippen molar-refractivity contribution >= 4 is 47.4 Å². The summed E-state index contributed by atoms with van der Waals surface area (Å²) in [5.74, 6) is -0.752. The number of rotatable bonds is 7. The molecule has 4 N–H and O–H groups in total. The van der Waals surface area contributed by atoms with E-state index in [1.165, 1.54) is 0 Å². The number of halogens is 3. The van der Waals surface area contributed by atoms with Crippen LogP contribution in [0.15, 0.2) is 18.2 Å². The normalized spacial score (nSPS) is 12.1. The molecule has 0 saturated carbocycles. The number of hydrogen-bond acceptors (Lipinski definition) is 3. The van der Waals surface area contributed by atoms with Crippen LogP contribution in [0.2, 0.25) is 10.0 Å². The molecule has 1 unspecified atom stereocenters. The van der Waals surface area contributed by atoms with E-state index < -0.39 is 17.5 Å². The standard InChI is InChI=1S/C16H23Cl2N3O2.ClH/c1-4-16(19,5-2)9-20-14(22)10(3)21-15(23)11-7-6-8-12(17)13(11)18;/h6-8,10H,4-5,9,19H2,1-3H3,(H,20,22)(H,21,23);1H. The lowest BCUT2D eigenvalue weighted by Crippen LogP contribution is -2.53. The van der Waals surface area contributed by atoms with Crippen LogP contribution in [0.1, 0.15) is 44.0 Å². The van der Waals surface area contributed by atoms with E-state index in [1.54, 1.807) is 25.1 Å². The molecule has 0 aliphatic carbocycles. The van der Waals surface area contributed by atoms with Crippen molar-refractivity contribution in [3.63, 3.8) is 0 Å². The predicted molar refractivity (Wildman–Crippen MR) is 101 cm³/mol. The molecule has 0 spiro atoms. The molecule has 8 heteroatoms. The van der Waals surface area contributed by atoms with Gasteiger partial charge in [0.2, 0.25) is 5.91 Å². The van der Waals surface area contributed by atoms with Crippen molar-refractivity contribution in [2.24, 2.45) is 5.73 Å². The Labute approximate surface area is 159 Å². The van der Waals surface area contributed by atoms with Crippen molar-refractivity contribution in [3.8, 4) is 0 Å². The van der Waals surface area contributed by atoms with Gasteiger partial charge >= 0.3 is 0 Å². The Hall–Kier alpha value is -1.01. The molecular formula is C16H24Cl3N3O2. The zero-order chi connectivity index (χ0) is 17.6. The largest absolute Gasteiger partial charge is 0.352 e. The van der Waals surface area contributed by atoms with Crippen molar-refractivity contribution in [2.75, 3.05) is 6.54 Å². The van der Waals surface area contributed by atoms with E-state index in [0.717, 1.165) is 12.8 Å². The highest BCUT2D eigenvalue weighted by molar-refractivity contribution is 6.43. The highest BCUT2D eigenvalue weighted by atomic mass is 35.5. The number of amides is 2. The number of carbonyl (C=O) groups is 2. The van der Waals surface area contributed by atoms with Crippen LogP contribution < -0.4 is 16.4 Å². The van der Waals surface area contributed by atoms with Crippen LogP contribution in [0.5, 0.6) is 0 Å². The van der Waals surface area contributed by atoms with Crippen molar-refractivity contribution in [3.05, 3.63) is 33.8 Å². The third-order valence-electron chi connectivity index (χ3n) is 3.96. The van der Waals surface area contributed by atoms with E-state index in [4.69, 9.17) is 28.9 Å². The Morgan fingerprint density at radius 2 is 1.83 bits per heavy atom. The number of nitrogens with one attached hydrogen (secondary N) is 2. The van der Waals surface area contributed by atoms with Crippen molar-refractivity contribution in [1.29, 1.82) is 0 Å². The molecule has 2 amide bonds. The van der Waals surface area contributed by atoms with Gasteiger partial charge in [0, 0.05) is 12.1 Å². The van der Waals surface area contributed by atoms with E-state index in [1.807, 2.05) is 13.8 Å². The van der Waals surface area contributed by atoms with Gasteiger partial charge in [0.1, 0.15) is 6.04 Å². The Kier molecular flexibility index (Phi) is 9.66. The fraction of sp³-hybridized carbons (Fsp3) is 0.500. The summed E-state index contributed by atoms with van der Waals surface area (Å²) in [4.78, 5) is 24.3. The molecule has 0 aromatic heterocycles. The van der Waals surface area contributed by atoms with Gasteiger partial charge in [-0.25, -0.2) is 0 Å². The molecule has 0 aliphatic heterocycles. The van der Waals surface area contributed by atoms with Gasteiger partial charge in [0.05, 0.1) is 15.6 Å². The molecule has 0 bridgehead atoms. The molecular weight excluding hydrogens is 373 g/mol. The second kappa shape index (κ2) is 10.1. The number of hydrogen-bond donors (Lipinski definition) is 3. The van der Waals surface area contributed by atoms with E-state index in [9.17, 15) is 9.59 Å². The van der Waals surface area contributed by atoms with E-state index in [-0.39, 0.29) is 33.9 Å². The van der Waals surface area contributed by atoms with Crippen LogP contribution in [0.25, 0.3) is 0 Å². The molecule has 1 atom stereocenters. The number of benzene rings is 1. The lowest BCUT2D eigenvalue weighted by Gasteiger charge is -2.27. The second-order valence-electron chi connectivity index (χ2n) is 5.58. The van der Waals surface area contributed by atoms with Crippen LogP contribution in [0.4, 0.5) is 0 Å². The molecule has 24 heavy (non-hydrogen) atoms. The lowest BCUT2D eigenvalue weighted by molar-refractivity contribution is -0.122. The maximum Gasteiger partial charge on any atom is 0.253 e. The first-order valence-electron chi connectivity index (χ1n) is 7.55. The Morgan fingerprint density at radius 1 is 1.25 bits per heavy atom. The van der Waals surface area contributed by atoms with Gasteiger partial charge in [-0.3, -0.25) is 9.59 Å². The van der Waals surface area contributed by atoms with Crippen LogP contribution in [0, 0.1) is 0 Å². The van der Waals surface area contributed by atoms with Gasteiger partial charge in [-0.15, -0.1) is 12.4 Å². The molecule has 0 saturated heterocycles. The summed E-state index contributed by atoms with van der Waals surface area (Å²) in [6.07, 6.45) is 1.51. The summed E-state index contributed by atoms with van der Waals surface area (Å²) in [6.45, 7) is 5.91. The van der Waals surface area contributed by atoms with Gasteiger partial charge in [0.25, 0.3) is 5.91 Å². The van der Waals surface area contributed by atoms with Crippen LogP contribution in [-0.2, 0) is 4.79 Å². The van der Waals surface area contributed by atoms with Crippen molar-refractivity contribution in [2.45, 2.75) is 45.2 Å². The minimum atomic E-state index is -0.712. The van der Waals surface area contributed by atoms with Gasteiger partial charge < -0.3 is 16.4 Å². The molecule has 0 radical (unpaired) electrons. The summed E-state index contributed by atoms with van der Waals surface area (Å²) in [6, 6.07) is 4.05. The van der Waals surface area contributed by atoms with E-state index >= 15 is 0 Å². The first-order chi connectivity index (χ1) is 10.7. The van der Waals surface area contributed by atoms with Gasteiger partial charge in [-0.05, 0) is 31.9 Å². The lowest BCUT2D eigenvalue weighted by atomic mass is 9.94. The Morgan fingerprint density at radius 3 is 2.38 bits per heavy atom. The van der Waals surface area contributed by atoms with Crippen molar-refractivity contribution < 1.29 is 9.59 Å². The average molecular weight is 397 g/mol. The Bertz CT molecular complexity index is 578. The summed E-state index contributed by atoms with van der Waals surface area (Å²) < 4.78 is 0. The minimum absolute atomic E-state index is 0. The highest BCUT2D eigenvalue weighted by Crippen LogP contribution is 2.25. The molecule has 136 valence electrons. The molecule has 1 rings (SSSR count). The minimum Gasteiger partial charge on any atom is -0.352 e. The molecule has 5 nitrogen and oxygen atoms in total. The molecule has 0 aliphatic rings. The van der Waals surface area contributed by atoms with Crippen LogP contribution in [-0.4, -0.2) is 29.9 Å². The Balaban J connectivity index is 0.00000529. The summed E-state index contributed by atoms with van der Waals surface area (Å²) in [5.41, 5.74) is 5.94. The maximum absolute atomic E-state index is 12.2. The third kappa shape index (κ3) is 6.13. The fourth-order valence-corrected chi connectivity index (χ4v) is 2.32. The number of nitrogens with two attached hydrogens (primary N) is 1. The SMILES string of the molecule is CCC(N)(CC)CNC(=O)C(C)NC(=O)c1cccc(Cl)c1Cl.Cl.